The zero-order chi connectivity index (χ0) is 27.2. The summed E-state index contributed by atoms with van der Waals surface area (Å²) in [6.45, 7) is 0.515. The number of rotatable bonds is 9. The molecule has 0 aromatic heterocycles. The molecule has 1 fully saturated rings. The van der Waals surface area contributed by atoms with Gasteiger partial charge in [0.15, 0.2) is 0 Å². The van der Waals surface area contributed by atoms with Crippen molar-refractivity contribution in [2.45, 2.75) is 49.6 Å². The number of alkyl halides is 3. The zero-order valence-corrected chi connectivity index (χ0v) is 20.1. The second-order valence-electron chi connectivity index (χ2n) is 9.09. The van der Waals surface area contributed by atoms with Crippen LogP contribution in [0.25, 0.3) is 0 Å². The third kappa shape index (κ3) is 8.00. The minimum Gasteiger partial charge on any atom is -0.343 e. The molecule has 3 unspecified atom stereocenters. The molecular weight excluding hydrogens is 489 g/mol. The Morgan fingerprint density at radius 2 is 1.62 bits per heavy atom. The number of anilines is 1. The molecule has 2 aromatic rings. The van der Waals surface area contributed by atoms with Crippen molar-refractivity contribution in [3.63, 3.8) is 0 Å². The number of carbonyl (C=O) groups is 3. The average molecular weight is 521 g/mol. The highest BCUT2D eigenvalue weighted by Crippen LogP contribution is 2.30. The van der Waals surface area contributed by atoms with E-state index in [9.17, 15) is 27.6 Å². The Morgan fingerprint density at radius 3 is 2.24 bits per heavy atom. The van der Waals surface area contributed by atoms with Crippen LogP contribution in [0.15, 0.2) is 54.6 Å². The first-order valence-electron chi connectivity index (χ1n) is 11.8. The minimum absolute atomic E-state index is 0.0695. The summed E-state index contributed by atoms with van der Waals surface area (Å²) in [5, 5.41) is 4.98. The molecule has 37 heavy (non-hydrogen) atoms. The molecule has 0 bridgehead atoms. The van der Waals surface area contributed by atoms with E-state index in [2.05, 4.69) is 10.6 Å². The minimum atomic E-state index is -4.58. The van der Waals surface area contributed by atoms with Crippen molar-refractivity contribution in [2.24, 2.45) is 17.2 Å². The number of benzene rings is 2. The second-order valence-corrected chi connectivity index (χ2v) is 9.09. The monoisotopic (exact) mass is 520 g/mol. The maximum atomic E-state index is 13.1. The number of nitrogens with zero attached hydrogens (tertiary/aromatic N) is 1. The number of carbonyl (C=O) groups excluding carboxylic acids is 3. The van der Waals surface area contributed by atoms with Gasteiger partial charge in [-0.2, -0.15) is 13.2 Å². The Labute approximate surface area is 212 Å². The van der Waals surface area contributed by atoms with E-state index in [0.717, 1.165) is 17.7 Å². The number of likely N-dealkylation sites (tertiary alicyclic amines) is 1. The van der Waals surface area contributed by atoms with Crippen LogP contribution in [0.4, 0.5) is 18.9 Å². The van der Waals surface area contributed by atoms with Gasteiger partial charge in [-0.1, -0.05) is 36.4 Å². The summed E-state index contributed by atoms with van der Waals surface area (Å²) in [5.74, 6) is -1.84. The maximum absolute atomic E-state index is 13.1. The fourth-order valence-electron chi connectivity index (χ4n) is 3.97. The third-order valence-corrected chi connectivity index (χ3v) is 6.15. The van der Waals surface area contributed by atoms with Crippen LogP contribution in [0.2, 0.25) is 0 Å². The van der Waals surface area contributed by atoms with Gasteiger partial charge in [-0.15, -0.1) is 0 Å². The van der Waals surface area contributed by atoms with E-state index in [-0.39, 0.29) is 49.6 Å². The number of nitrogens with two attached hydrogens (primary N) is 3. The summed E-state index contributed by atoms with van der Waals surface area (Å²) >= 11 is 0. The predicted octanol–water partition coefficient (Wildman–Crippen LogP) is 0.976. The molecule has 0 spiro atoms. The fraction of sp³-hybridized carbons (Fsp3) is 0.400. The first-order chi connectivity index (χ1) is 17.4. The van der Waals surface area contributed by atoms with E-state index in [0.29, 0.717) is 6.42 Å². The lowest BCUT2D eigenvalue weighted by atomic mass is 10.0. The van der Waals surface area contributed by atoms with Crippen molar-refractivity contribution in [1.29, 1.82) is 0 Å². The number of halogens is 3. The Morgan fingerprint density at radius 1 is 0.973 bits per heavy atom. The zero-order valence-electron chi connectivity index (χ0n) is 20.1. The van der Waals surface area contributed by atoms with Gasteiger partial charge in [0.1, 0.15) is 6.04 Å². The second kappa shape index (κ2) is 12.2. The van der Waals surface area contributed by atoms with Crippen LogP contribution in [0, 0.1) is 0 Å². The van der Waals surface area contributed by atoms with E-state index in [4.69, 9.17) is 17.2 Å². The number of nitrogens with one attached hydrogen (secondary N) is 2. The van der Waals surface area contributed by atoms with Gasteiger partial charge in [0, 0.05) is 30.9 Å². The highest BCUT2D eigenvalue weighted by Gasteiger charge is 2.33. The van der Waals surface area contributed by atoms with Crippen molar-refractivity contribution < 1.29 is 27.6 Å². The molecule has 9 nitrogen and oxygen atoms in total. The van der Waals surface area contributed by atoms with Crippen LogP contribution in [-0.4, -0.2) is 59.9 Å². The van der Waals surface area contributed by atoms with E-state index in [1.807, 2.05) is 30.3 Å². The summed E-state index contributed by atoms with van der Waals surface area (Å²) in [6.07, 6.45) is -4.34. The Bertz CT molecular complexity index is 1090. The Kier molecular flexibility index (Phi) is 9.24. The molecule has 1 aliphatic heterocycles. The number of hydrogen-bond donors (Lipinski definition) is 5. The van der Waals surface area contributed by atoms with Crippen LogP contribution >= 0.6 is 0 Å². The molecule has 12 heteroatoms. The van der Waals surface area contributed by atoms with Crippen molar-refractivity contribution >= 4 is 23.4 Å². The molecule has 1 heterocycles. The quantitative estimate of drug-likeness (QED) is 0.332. The van der Waals surface area contributed by atoms with E-state index < -0.39 is 35.6 Å². The molecule has 0 saturated carbocycles. The van der Waals surface area contributed by atoms with Crippen LogP contribution in [0.1, 0.15) is 24.0 Å². The van der Waals surface area contributed by atoms with Gasteiger partial charge < -0.3 is 32.7 Å². The van der Waals surface area contributed by atoms with Gasteiger partial charge in [-0.05, 0) is 36.6 Å². The summed E-state index contributed by atoms with van der Waals surface area (Å²) in [7, 11) is 0. The number of amides is 3. The van der Waals surface area contributed by atoms with Gasteiger partial charge in [-0.25, -0.2) is 0 Å². The molecule has 8 N–H and O–H groups in total. The number of hydrogen-bond acceptors (Lipinski definition) is 6. The first kappa shape index (κ1) is 28.1. The van der Waals surface area contributed by atoms with Gasteiger partial charge in [0.05, 0.1) is 18.0 Å². The highest BCUT2D eigenvalue weighted by atomic mass is 19.4. The summed E-state index contributed by atoms with van der Waals surface area (Å²) in [4.78, 5) is 39.8. The standard InChI is InChI=1S/C25H31F3N6O3/c26-25(27,28)16-7-4-8-17(11-16)32-24(37)21(10-9-15-5-2-1-3-6-15)33-23(36)18(29)12-22(35)34-13-19(30)20(31)14-34/h1-8,11,18-21H,9-10,12-14,29-31H2,(H,32,37)(H,33,36)/t18?,19-,20?,21?/m0/s1. The molecular formula is C25H31F3N6O3. The lowest BCUT2D eigenvalue weighted by Crippen LogP contribution is -2.51. The topological polar surface area (TPSA) is 157 Å². The normalized spacial score (nSPS) is 19.2. The van der Waals surface area contributed by atoms with Gasteiger partial charge in [0.25, 0.3) is 0 Å². The van der Waals surface area contributed by atoms with Crippen molar-refractivity contribution in [3.05, 3.63) is 65.7 Å². The molecule has 3 rings (SSSR count). The Hall–Kier alpha value is -3.48. The largest absolute Gasteiger partial charge is 0.416 e. The van der Waals surface area contributed by atoms with Gasteiger partial charge >= 0.3 is 6.18 Å². The van der Waals surface area contributed by atoms with E-state index >= 15 is 0 Å². The first-order valence-corrected chi connectivity index (χ1v) is 11.8. The predicted molar refractivity (Wildman–Crippen MR) is 132 cm³/mol. The fourth-order valence-corrected chi connectivity index (χ4v) is 3.97. The van der Waals surface area contributed by atoms with Crippen LogP contribution in [-0.2, 0) is 27.0 Å². The van der Waals surface area contributed by atoms with Gasteiger partial charge in [0.2, 0.25) is 17.7 Å². The number of aryl methyl sites for hydroxylation is 1. The van der Waals surface area contributed by atoms with Crippen molar-refractivity contribution in [1.82, 2.24) is 10.2 Å². The molecule has 4 atom stereocenters. The molecule has 200 valence electrons. The van der Waals surface area contributed by atoms with E-state index in [1.165, 1.54) is 17.0 Å². The molecule has 0 aliphatic carbocycles. The smallest absolute Gasteiger partial charge is 0.343 e. The van der Waals surface area contributed by atoms with Crippen LogP contribution in [0.3, 0.4) is 0 Å². The van der Waals surface area contributed by atoms with E-state index in [1.54, 1.807) is 0 Å². The third-order valence-electron chi connectivity index (χ3n) is 6.15. The molecule has 2 aromatic carbocycles. The van der Waals surface area contributed by atoms with Crippen LogP contribution in [0.5, 0.6) is 0 Å². The van der Waals surface area contributed by atoms with Crippen LogP contribution < -0.4 is 27.8 Å². The summed E-state index contributed by atoms with van der Waals surface area (Å²) < 4.78 is 39.2. The summed E-state index contributed by atoms with van der Waals surface area (Å²) in [5.41, 5.74) is 17.5. The average Bonchev–Trinajstić information content (AvgIpc) is 3.20. The molecule has 0 radical (unpaired) electrons. The summed E-state index contributed by atoms with van der Waals surface area (Å²) in [6, 6.07) is 10.3. The molecule has 1 aliphatic rings. The molecule has 3 amide bonds. The van der Waals surface area contributed by atoms with Crippen molar-refractivity contribution in [2.75, 3.05) is 18.4 Å². The molecule has 1 saturated heterocycles. The SMILES string of the molecule is NC(CC(=O)N1CC(N)[C@@H](N)C1)C(=O)NC(CCc1ccccc1)C(=O)Nc1cccc(C(F)(F)F)c1. The lowest BCUT2D eigenvalue weighted by molar-refractivity contribution is -0.137. The highest BCUT2D eigenvalue weighted by molar-refractivity contribution is 5.98. The Balaban J connectivity index is 1.67. The van der Waals surface area contributed by atoms with Crippen molar-refractivity contribution in [3.8, 4) is 0 Å². The van der Waals surface area contributed by atoms with Gasteiger partial charge in [-0.3, -0.25) is 14.4 Å². The lowest BCUT2D eigenvalue weighted by Gasteiger charge is -2.22. The maximum Gasteiger partial charge on any atom is 0.416 e.